The summed E-state index contributed by atoms with van der Waals surface area (Å²) in [6.07, 6.45) is 1.18. The Bertz CT molecular complexity index is 384. The van der Waals surface area contributed by atoms with Crippen LogP contribution in [-0.4, -0.2) is 17.1 Å². The van der Waals surface area contributed by atoms with Gasteiger partial charge in [-0.25, -0.2) is 9.18 Å². The third-order valence-corrected chi connectivity index (χ3v) is 2.63. The minimum absolute atomic E-state index is 0.204. The molecular weight excluding hydrogens is 277 g/mol. The van der Waals surface area contributed by atoms with Crippen LogP contribution in [0.4, 0.5) is 10.1 Å². The fraction of sp³-hybridized carbons (Fsp3) is 0.364. The van der Waals surface area contributed by atoms with Crippen molar-refractivity contribution >= 4 is 27.6 Å². The molecular formula is C11H13BrFNO2. The van der Waals surface area contributed by atoms with E-state index in [-0.39, 0.29) is 5.69 Å². The molecule has 0 aliphatic carbocycles. The maximum Gasteiger partial charge on any atom is 0.326 e. The number of benzene rings is 1. The van der Waals surface area contributed by atoms with Crippen LogP contribution in [0.2, 0.25) is 0 Å². The molecule has 16 heavy (non-hydrogen) atoms. The molecule has 2 N–H and O–H groups in total. The number of carboxylic acid groups (broad SMARTS) is 1. The van der Waals surface area contributed by atoms with Crippen LogP contribution in [0.1, 0.15) is 19.8 Å². The Hall–Kier alpha value is -1.10. The van der Waals surface area contributed by atoms with Gasteiger partial charge in [-0.2, -0.15) is 0 Å². The second-order valence-electron chi connectivity index (χ2n) is 3.45. The molecule has 0 spiro atoms. The Labute approximate surface area is 102 Å². The minimum Gasteiger partial charge on any atom is -0.480 e. The van der Waals surface area contributed by atoms with Crippen LogP contribution in [0, 0.1) is 5.82 Å². The lowest BCUT2D eigenvalue weighted by atomic mass is 10.1. The van der Waals surface area contributed by atoms with Crippen molar-refractivity contribution in [2.45, 2.75) is 25.8 Å². The van der Waals surface area contributed by atoms with Crippen molar-refractivity contribution in [1.82, 2.24) is 0 Å². The van der Waals surface area contributed by atoms with E-state index in [0.717, 1.165) is 6.42 Å². The molecule has 1 rings (SSSR count). The van der Waals surface area contributed by atoms with Crippen molar-refractivity contribution in [3.8, 4) is 0 Å². The number of halogens is 2. The summed E-state index contributed by atoms with van der Waals surface area (Å²) in [7, 11) is 0. The van der Waals surface area contributed by atoms with Crippen molar-refractivity contribution in [2.75, 3.05) is 5.32 Å². The monoisotopic (exact) mass is 289 g/mol. The zero-order valence-electron chi connectivity index (χ0n) is 8.84. The average Bonchev–Trinajstić information content (AvgIpc) is 2.22. The summed E-state index contributed by atoms with van der Waals surface area (Å²) in [6, 6.07) is 3.63. The van der Waals surface area contributed by atoms with Crippen molar-refractivity contribution in [3.05, 3.63) is 28.5 Å². The highest BCUT2D eigenvalue weighted by Gasteiger charge is 2.17. The van der Waals surface area contributed by atoms with Gasteiger partial charge in [0.2, 0.25) is 0 Å². The number of rotatable bonds is 5. The van der Waals surface area contributed by atoms with Gasteiger partial charge in [-0.3, -0.25) is 0 Å². The summed E-state index contributed by atoms with van der Waals surface area (Å²) in [5, 5.41) is 11.6. The molecule has 0 saturated heterocycles. The molecule has 1 atom stereocenters. The molecule has 1 aromatic carbocycles. The van der Waals surface area contributed by atoms with E-state index in [9.17, 15) is 9.18 Å². The molecule has 0 bridgehead atoms. The first-order chi connectivity index (χ1) is 7.54. The van der Waals surface area contributed by atoms with Crippen LogP contribution in [0.15, 0.2) is 22.7 Å². The quantitative estimate of drug-likeness (QED) is 0.875. The smallest absolute Gasteiger partial charge is 0.326 e. The zero-order chi connectivity index (χ0) is 12.1. The summed E-state index contributed by atoms with van der Waals surface area (Å²) in [5.74, 6) is -1.42. The molecule has 0 radical (unpaired) electrons. The van der Waals surface area contributed by atoms with E-state index in [1.54, 1.807) is 6.07 Å². The third kappa shape index (κ3) is 3.48. The van der Waals surface area contributed by atoms with Crippen molar-refractivity contribution in [1.29, 1.82) is 0 Å². The number of anilines is 1. The van der Waals surface area contributed by atoms with Gasteiger partial charge in [0, 0.05) is 4.47 Å². The topological polar surface area (TPSA) is 49.3 Å². The van der Waals surface area contributed by atoms with E-state index in [0.29, 0.717) is 10.9 Å². The van der Waals surface area contributed by atoms with Gasteiger partial charge in [-0.05, 0) is 24.6 Å². The van der Waals surface area contributed by atoms with Crippen LogP contribution >= 0.6 is 15.9 Å². The molecule has 88 valence electrons. The summed E-state index contributed by atoms with van der Waals surface area (Å²) in [4.78, 5) is 10.9. The first kappa shape index (κ1) is 13.0. The van der Waals surface area contributed by atoms with Crippen LogP contribution in [0.5, 0.6) is 0 Å². The second-order valence-corrected chi connectivity index (χ2v) is 4.36. The Kier molecular flexibility index (Phi) is 4.73. The predicted molar refractivity (Wildman–Crippen MR) is 64.1 cm³/mol. The van der Waals surface area contributed by atoms with Crippen LogP contribution in [-0.2, 0) is 4.79 Å². The van der Waals surface area contributed by atoms with Crippen LogP contribution in [0.25, 0.3) is 0 Å². The Balaban J connectivity index is 2.84. The van der Waals surface area contributed by atoms with Gasteiger partial charge in [-0.15, -0.1) is 0 Å². The molecule has 0 aliphatic rings. The van der Waals surface area contributed by atoms with E-state index < -0.39 is 17.8 Å². The van der Waals surface area contributed by atoms with E-state index in [4.69, 9.17) is 5.11 Å². The standard InChI is InChI=1S/C11H13BrFNO2/c1-2-3-9(11(15)16)14-10-6-7(12)4-5-8(10)13/h4-6,9,14H,2-3H2,1H3,(H,15,16). The number of hydrogen-bond donors (Lipinski definition) is 2. The highest BCUT2D eigenvalue weighted by Crippen LogP contribution is 2.21. The molecule has 0 saturated carbocycles. The maximum atomic E-state index is 13.4. The number of carboxylic acids is 1. The molecule has 0 aromatic heterocycles. The molecule has 1 unspecified atom stereocenters. The zero-order valence-corrected chi connectivity index (χ0v) is 10.4. The van der Waals surface area contributed by atoms with Crippen molar-refractivity contribution in [3.63, 3.8) is 0 Å². The van der Waals surface area contributed by atoms with Crippen molar-refractivity contribution < 1.29 is 14.3 Å². The van der Waals surface area contributed by atoms with Gasteiger partial charge in [0.15, 0.2) is 0 Å². The van der Waals surface area contributed by atoms with Gasteiger partial charge in [0.1, 0.15) is 11.9 Å². The number of carbonyl (C=O) groups is 1. The lowest BCUT2D eigenvalue weighted by Crippen LogP contribution is -2.29. The lowest BCUT2D eigenvalue weighted by molar-refractivity contribution is -0.138. The SMILES string of the molecule is CCCC(Nc1cc(Br)ccc1F)C(=O)O. The first-order valence-corrected chi connectivity index (χ1v) is 5.78. The average molecular weight is 290 g/mol. The summed E-state index contributed by atoms with van der Waals surface area (Å²) in [6.45, 7) is 1.88. The summed E-state index contributed by atoms with van der Waals surface area (Å²) < 4.78 is 14.1. The molecule has 0 amide bonds. The summed E-state index contributed by atoms with van der Waals surface area (Å²) in [5.41, 5.74) is 0.204. The van der Waals surface area contributed by atoms with E-state index in [1.165, 1.54) is 12.1 Å². The van der Waals surface area contributed by atoms with E-state index in [1.807, 2.05) is 6.92 Å². The number of hydrogen-bond acceptors (Lipinski definition) is 2. The largest absolute Gasteiger partial charge is 0.480 e. The predicted octanol–water partition coefficient (Wildman–Crippen LogP) is 3.25. The van der Waals surface area contributed by atoms with Gasteiger partial charge in [0.25, 0.3) is 0 Å². The van der Waals surface area contributed by atoms with E-state index >= 15 is 0 Å². The fourth-order valence-electron chi connectivity index (χ4n) is 1.34. The molecule has 0 aliphatic heterocycles. The number of aliphatic carboxylic acids is 1. The molecule has 0 fully saturated rings. The third-order valence-electron chi connectivity index (χ3n) is 2.13. The molecule has 0 heterocycles. The second kappa shape index (κ2) is 5.84. The van der Waals surface area contributed by atoms with Crippen molar-refractivity contribution in [2.24, 2.45) is 0 Å². The van der Waals surface area contributed by atoms with E-state index in [2.05, 4.69) is 21.2 Å². The lowest BCUT2D eigenvalue weighted by Gasteiger charge is -2.15. The Morgan fingerprint density at radius 1 is 1.62 bits per heavy atom. The normalized spacial score (nSPS) is 12.2. The Morgan fingerprint density at radius 2 is 2.31 bits per heavy atom. The van der Waals surface area contributed by atoms with Crippen LogP contribution < -0.4 is 5.32 Å². The Morgan fingerprint density at radius 3 is 2.88 bits per heavy atom. The van der Waals surface area contributed by atoms with Gasteiger partial charge < -0.3 is 10.4 Å². The van der Waals surface area contributed by atoms with Gasteiger partial charge in [-0.1, -0.05) is 29.3 Å². The van der Waals surface area contributed by atoms with Crippen LogP contribution in [0.3, 0.4) is 0 Å². The molecule has 5 heteroatoms. The molecule has 3 nitrogen and oxygen atoms in total. The highest BCUT2D eigenvalue weighted by atomic mass is 79.9. The van der Waals surface area contributed by atoms with Gasteiger partial charge in [0.05, 0.1) is 5.69 Å². The highest BCUT2D eigenvalue weighted by molar-refractivity contribution is 9.10. The molecule has 1 aromatic rings. The maximum absolute atomic E-state index is 13.4. The first-order valence-electron chi connectivity index (χ1n) is 4.99. The van der Waals surface area contributed by atoms with Gasteiger partial charge >= 0.3 is 5.97 Å². The minimum atomic E-state index is -0.971. The number of nitrogens with one attached hydrogen (secondary N) is 1. The summed E-state index contributed by atoms with van der Waals surface area (Å²) >= 11 is 3.21. The fourth-order valence-corrected chi connectivity index (χ4v) is 1.70.